The number of anilines is 1. The van der Waals surface area contributed by atoms with Gasteiger partial charge in [-0.25, -0.2) is 4.68 Å². The average molecular weight is 375 g/mol. The lowest BCUT2D eigenvalue weighted by Crippen LogP contribution is -2.22. The van der Waals surface area contributed by atoms with Crippen molar-refractivity contribution in [1.29, 1.82) is 0 Å². The molecule has 0 atom stereocenters. The van der Waals surface area contributed by atoms with E-state index in [0.29, 0.717) is 5.82 Å². The third-order valence-corrected chi connectivity index (χ3v) is 5.35. The highest BCUT2D eigenvalue weighted by Crippen LogP contribution is 2.29. The van der Waals surface area contributed by atoms with Gasteiger partial charge >= 0.3 is 0 Å². The van der Waals surface area contributed by atoms with Crippen molar-refractivity contribution in [3.8, 4) is 22.7 Å². The molecule has 1 saturated carbocycles. The third-order valence-electron chi connectivity index (χ3n) is 5.35. The van der Waals surface area contributed by atoms with Crippen LogP contribution < -0.4 is 10.1 Å². The van der Waals surface area contributed by atoms with E-state index in [9.17, 15) is 4.79 Å². The number of carbonyl (C=O) groups is 1. The first-order valence-electron chi connectivity index (χ1n) is 9.76. The Kier molecular flexibility index (Phi) is 5.15. The molecule has 1 aliphatic rings. The molecular formula is C23H25N3O2. The fourth-order valence-corrected chi connectivity index (χ4v) is 3.67. The molecule has 4 rings (SSSR count). The molecule has 5 nitrogen and oxygen atoms in total. The Morgan fingerprint density at radius 1 is 1.07 bits per heavy atom. The van der Waals surface area contributed by atoms with Crippen LogP contribution in [0.25, 0.3) is 16.9 Å². The minimum absolute atomic E-state index is 0.0899. The number of aryl methyl sites for hydroxylation is 1. The SMILES string of the molecule is COc1ccc(-c2cc(NC(=O)C3CCCC3)n(-c3ccc(C)cc3)n2)cc1. The molecule has 1 heterocycles. The van der Waals surface area contributed by atoms with Gasteiger partial charge in [0.05, 0.1) is 18.5 Å². The van der Waals surface area contributed by atoms with Gasteiger partial charge in [-0.05, 0) is 56.2 Å². The molecule has 0 bridgehead atoms. The molecule has 0 radical (unpaired) electrons. The van der Waals surface area contributed by atoms with Gasteiger partial charge in [0.15, 0.2) is 0 Å². The Hall–Kier alpha value is -3.08. The summed E-state index contributed by atoms with van der Waals surface area (Å²) in [4.78, 5) is 12.7. The first-order chi connectivity index (χ1) is 13.6. The van der Waals surface area contributed by atoms with Crippen LogP contribution in [-0.2, 0) is 4.79 Å². The molecule has 0 saturated heterocycles. The first-order valence-corrected chi connectivity index (χ1v) is 9.76. The number of rotatable bonds is 5. The molecule has 3 aromatic rings. The summed E-state index contributed by atoms with van der Waals surface area (Å²) in [7, 11) is 1.65. The van der Waals surface area contributed by atoms with Crippen molar-refractivity contribution in [3.05, 3.63) is 60.2 Å². The lowest BCUT2D eigenvalue weighted by atomic mass is 10.1. The van der Waals surface area contributed by atoms with E-state index in [1.807, 2.05) is 59.3 Å². The molecule has 1 aromatic heterocycles. The zero-order valence-corrected chi connectivity index (χ0v) is 16.3. The number of nitrogens with one attached hydrogen (secondary N) is 1. The second-order valence-electron chi connectivity index (χ2n) is 7.36. The molecule has 144 valence electrons. The molecule has 0 aliphatic heterocycles. The molecule has 1 aliphatic carbocycles. The van der Waals surface area contributed by atoms with Crippen LogP contribution in [-0.4, -0.2) is 22.8 Å². The molecular weight excluding hydrogens is 350 g/mol. The van der Waals surface area contributed by atoms with Crippen LogP contribution in [0.1, 0.15) is 31.2 Å². The smallest absolute Gasteiger partial charge is 0.228 e. The maximum Gasteiger partial charge on any atom is 0.228 e. The monoisotopic (exact) mass is 375 g/mol. The predicted molar refractivity (Wildman–Crippen MR) is 111 cm³/mol. The lowest BCUT2D eigenvalue weighted by molar-refractivity contribution is -0.119. The number of ether oxygens (including phenoxy) is 1. The Morgan fingerprint density at radius 2 is 1.75 bits per heavy atom. The zero-order chi connectivity index (χ0) is 19.5. The molecule has 5 heteroatoms. The minimum Gasteiger partial charge on any atom is -0.497 e. The van der Waals surface area contributed by atoms with Crippen molar-refractivity contribution in [2.45, 2.75) is 32.6 Å². The van der Waals surface area contributed by atoms with Crippen LogP contribution in [0.5, 0.6) is 5.75 Å². The maximum atomic E-state index is 12.7. The van der Waals surface area contributed by atoms with E-state index in [4.69, 9.17) is 9.84 Å². The highest BCUT2D eigenvalue weighted by molar-refractivity contribution is 5.92. The quantitative estimate of drug-likeness (QED) is 0.684. The van der Waals surface area contributed by atoms with Gasteiger partial charge in [0.1, 0.15) is 11.6 Å². The van der Waals surface area contributed by atoms with Crippen LogP contribution in [0.3, 0.4) is 0 Å². The minimum atomic E-state index is 0.0899. The fourth-order valence-electron chi connectivity index (χ4n) is 3.67. The van der Waals surface area contributed by atoms with E-state index >= 15 is 0 Å². The molecule has 1 N–H and O–H groups in total. The van der Waals surface area contributed by atoms with Crippen molar-refractivity contribution in [2.75, 3.05) is 12.4 Å². The van der Waals surface area contributed by atoms with Crippen LogP contribution in [0.15, 0.2) is 54.6 Å². The number of aromatic nitrogens is 2. The normalized spacial score (nSPS) is 14.2. The van der Waals surface area contributed by atoms with Gasteiger partial charge in [-0.1, -0.05) is 30.5 Å². The van der Waals surface area contributed by atoms with Gasteiger partial charge < -0.3 is 10.1 Å². The highest BCUT2D eigenvalue weighted by atomic mass is 16.5. The van der Waals surface area contributed by atoms with Crippen molar-refractivity contribution in [1.82, 2.24) is 9.78 Å². The van der Waals surface area contributed by atoms with E-state index in [1.165, 1.54) is 5.56 Å². The van der Waals surface area contributed by atoms with Crippen molar-refractivity contribution in [3.63, 3.8) is 0 Å². The Balaban J connectivity index is 1.70. The topological polar surface area (TPSA) is 56.1 Å². The van der Waals surface area contributed by atoms with Crippen LogP contribution >= 0.6 is 0 Å². The Bertz CT molecular complexity index is 953. The summed E-state index contributed by atoms with van der Waals surface area (Å²) in [5, 5.41) is 7.89. The molecule has 28 heavy (non-hydrogen) atoms. The molecule has 0 spiro atoms. The molecule has 1 amide bonds. The van der Waals surface area contributed by atoms with Gasteiger partial charge in [-0.3, -0.25) is 4.79 Å². The van der Waals surface area contributed by atoms with E-state index < -0.39 is 0 Å². The summed E-state index contributed by atoms with van der Waals surface area (Å²) in [5.41, 5.74) is 3.89. The number of hydrogen-bond acceptors (Lipinski definition) is 3. The molecule has 1 fully saturated rings. The predicted octanol–water partition coefficient (Wildman–Crippen LogP) is 4.99. The second kappa shape index (κ2) is 7.89. The van der Waals surface area contributed by atoms with E-state index in [1.54, 1.807) is 7.11 Å². The first kappa shape index (κ1) is 18.3. The van der Waals surface area contributed by atoms with Gasteiger partial charge in [0.2, 0.25) is 5.91 Å². The fraction of sp³-hybridized carbons (Fsp3) is 0.304. The molecule has 2 aromatic carbocycles. The van der Waals surface area contributed by atoms with Gasteiger partial charge in [-0.15, -0.1) is 0 Å². The number of nitrogens with zero attached hydrogens (tertiary/aromatic N) is 2. The summed E-state index contributed by atoms with van der Waals surface area (Å²) >= 11 is 0. The van der Waals surface area contributed by atoms with Crippen molar-refractivity contribution >= 4 is 11.7 Å². The maximum absolute atomic E-state index is 12.7. The Morgan fingerprint density at radius 3 is 2.39 bits per heavy atom. The zero-order valence-electron chi connectivity index (χ0n) is 16.3. The van der Waals surface area contributed by atoms with Gasteiger partial charge in [0.25, 0.3) is 0 Å². The van der Waals surface area contributed by atoms with Crippen molar-refractivity contribution < 1.29 is 9.53 Å². The van der Waals surface area contributed by atoms with Crippen LogP contribution in [0, 0.1) is 12.8 Å². The Labute approximate surface area is 165 Å². The van der Waals surface area contributed by atoms with E-state index in [-0.39, 0.29) is 11.8 Å². The highest BCUT2D eigenvalue weighted by Gasteiger charge is 2.24. The standard InChI is InChI=1S/C23H25N3O2/c1-16-7-11-19(12-8-16)26-22(24-23(27)18-5-3-4-6-18)15-21(25-26)17-9-13-20(28-2)14-10-17/h7-15,18H,3-6H2,1-2H3,(H,24,27). The largest absolute Gasteiger partial charge is 0.497 e. The number of hydrogen-bond donors (Lipinski definition) is 1. The number of carbonyl (C=O) groups excluding carboxylic acids is 1. The van der Waals surface area contributed by atoms with E-state index in [2.05, 4.69) is 12.2 Å². The van der Waals surface area contributed by atoms with Crippen LogP contribution in [0.2, 0.25) is 0 Å². The number of benzene rings is 2. The lowest BCUT2D eigenvalue weighted by Gasteiger charge is -2.12. The second-order valence-corrected chi connectivity index (χ2v) is 7.36. The number of amides is 1. The van der Waals surface area contributed by atoms with Gasteiger partial charge in [0, 0.05) is 17.5 Å². The van der Waals surface area contributed by atoms with E-state index in [0.717, 1.165) is 48.4 Å². The third kappa shape index (κ3) is 3.79. The summed E-state index contributed by atoms with van der Waals surface area (Å²) in [6, 6.07) is 17.9. The summed E-state index contributed by atoms with van der Waals surface area (Å²) in [6.45, 7) is 2.05. The van der Waals surface area contributed by atoms with Gasteiger partial charge in [-0.2, -0.15) is 5.10 Å². The summed E-state index contributed by atoms with van der Waals surface area (Å²) in [5.74, 6) is 1.70. The molecule has 0 unspecified atom stereocenters. The average Bonchev–Trinajstić information content (AvgIpc) is 3.39. The summed E-state index contributed by atoms with van der Waals surface area (Å²) < 4.78 is 7.05. The summed E-state index contributed by atoms with van der Waals surface area (Å²) in [6.07, 6.45) is 4.20. The number of methoxy groups -OCH3 is 1. The van der Waals surface area contributed by atoms with Crippen molar-refractivity contribution in [2.24, 2.45) is 5.92 Å². The van der Waals surface area contributed by atoms with Crippen LogP contribution in [0.4, 0.5) is 5.82 Å².